The van der Waals surface area contributed by atoms with Crippen LogP contribution in [0.25, 0.3) is 0 Å². The monoisotopic (exact) mass is 398 g/mol. The third kappa shape index (κ3) is 3.47. The van der Waals surface area contributed by atoms with E-state index in [1.165, 1.54) is 38.5 Å². The number of hydrogen-bond acceptors (Lipinski definition) is 2. The molecule has 0 aromatic rings. The first-order valence-corrected chi connectivity index (χ1v) is 12.4. The van der Waals surface area contributed by atoms with Crippen molar-refractivity contribution in [2.75, 3.05) is 0 Å². The Bertz CT molecular complexity index is 691. The van der Waals surface area contributed by atoms with Gasteiger partial charge in [-0.15, -0.1) is 0 Å². The predicted octanol–water partition coefficient (Wildman–Crippen LogP) is 6.63. The van der Waals surface area contributed by atoms with Crippen molar-refractivity contribution in [2.45, 2.75) is 92.4 Å². The Balaban J connectivity index is 1.52. The Labute approximate surface area is 178 Å². The average molecular weight is 399 g/mol. The van der Waals surface area contributed by atoms with E-state index in [4.69, 9.17) is 0 Å². The molecule has 0 heterocycles. The van der Waals surface area contributed by atoms with Crippen LogP contribution >= 0.6 is 0 Å². The molecule has 162 valence electrons. The fourth-order valence-electron chi connectivity index (χ4n) is 8.38. The molecule has 8 atom stereocenters. The highest BCUT2D eigenvalue weighted by Gasteiger charge is 2.60. The Kier molecular flexibility index (Phi) is 5.62. The molecule has 2 heteroatoms. The first-order chi connectivity index (χ1) is 13.7. The number of fused-ring (bicyclic) bond motifs is 5. The second-order valence-corrected chi connectivity index (χ2v) is 11.9. The molecule has 0 N–H and O–H groups in total. The van der Waals surface area contributed by atoms with Gasteiger partial charge in [-0.3, -0.25) is 9.59 Å². The first-order valence-electron chi connectivity index (χ1n) is 12.4. The van der Waals surface area contributed by atoms with Crippen LogP contribution in [0.1, 0.15) is 92.4 Å². The van der Waals surface area contributed by atoms with Gasteiger partial charge in [0.2, 0.25) is 0 Å². The summed E-state index contributed by atoms with van der Waals surface area (Å²) in [7, 11) is 0. The predicted molar refractivity (Wildman–Crippen MR) is 118 cm³/mol. The maximum Gasteiger partial charge on any atom is 0.155 e. The summed E-state index contributed by atoms with van der Waals surface area (Å²) in [6, 6.07) is 0. The molecule has 0 aromatic carbocycles. The molecule has 0 aliphatic heterocycles. The Morgan fingerprint density at radius 1 is 1.07 bits per heavy atom. The normalized spacial score (nSPS) is 44.9. The van der Waals surface area contributed by atoms with Crippen LogP contribution in [0, 0.1) is 52.3 Å². The largest absolute Gasteiger partial charge is 0.299 e. The molecular weight excluding hydrogens is 356 g/mol. The summed E-state index contributed by atoms with van der Waals surface area (Å²) in [6.07, 6.45) is 14.4. The molecular formula is C27H42O2. The molecule has 0 bridgehead atoms. The lowest BCUT2D eigenvalue weighted by molar-refractivity contribution is -0.129. The lowest BCUT2D eigenvalue weighted by atomic mass is 9.45. The van der Waals surface area contributed by atoms with Gasteiger partial charge in [0.25, 0.3) is 0 Å². The quantitative estimate of drug-likeness (QED) is 0.521. The summed E-state index contributed by atoms with van der Waals surface area (Å²) in [4.78, 5) is 25.0. The van der Waals surface area contributed by atoms with Gasteiger partial charge in [0.15, 0.2) is 5.78 Å². The fraction of sp³-hybridized carbons (Fsp3) is 0.852. The SMILES string of the molecule is CC(C)CCC(=O)[C@@H](C)[C@H]1CC[C@H]2[C@@H]3CCC4CC(=O)C=C[C@]4(C)[C@H]3CC[C@]12C. The number of carbonyl (C=O) groups is 2. The van der Waals surface area contributed by atoms with E-state index < -0.39 is 0 Å². The molecule has 3 fully saturated rings. The van der Waals surface area contributed by atoms with Gasteiger partial charge in [0.1, 0.15) is 5.78 Å². The van der Waals surface area contributed by atoms with Crippen LogP contribution < -0.4 is 0 Å². The van der Waals surface area contributed by atoms with Crippen LogP contribution in [0.2, 0.25) is 0 Å². The minimum absolute atomic E-state index is 0.217. The van der Waals surface area contributed by atoms with Crippen LogP contribution in [0.15, 0.2) is 12.2 Å². The first kappa shape index (κ1) is 21.3. The highest BCUT2D eigenvalue weighted by Crippen LogP contribution is 2.67. The van der Waals surface area contributed by atoms with E-state index in [2.05, 4.69) is 40.7 Å². The van der Waals surface area contributed by atoms with Gasteiger partial charge < -0.3 is 0 Å². The van der Waals surface area contributed by atoms with Gasteiger partial charge >= 0.3 is 0 Å². The number of hydrogen-bond donors (Lipinski definition) is 0. The highest BCUT2D eigenvalue weighted by atomic mass is 16.1. The highest BCUT2D eigenvalue weighted by molar-refractivity contribution is 5.91. The molecule has 2 nitrogen and oxygen atoms in total. The second-order valence-electron chi connectivity index (χ2n) is 11.9. The van der Waals surface area contributed by atoms with E-state index in [1.807, 2.05) is 6.08 Å². The number of ketones is 2. The van der Waals surface area contributed by atoms with Crippen molar-refractivity contribution in [3.05, 3.63) is 12.2 Å². The van der Waals surface area contributed by atoms with Crippen molar-refractivity contribution in [1.29, 1.82) is 0 Å². The summed E-state index contributed by atoms with van der Waals surface area (Å²) in [6.45, 7) is 11.7. The maximum atomic E-state index is 13.0. The van der Waals surface area contributed by atoms with Crippen molar-refractivity contribution in [1.82, 2.24) is 0 Å². The summed E-state index contributed by atoms with van der Waals surface area (Å²) >= 11 is 0. The maximum absolute atomic E-state index is 13.0. The van der Waals surface area contributed by atoms with Crippen LogP contribution in [0.4, 0.5) is 0 Å². The molecule has 3 saturated carbocycles. The van der Waals surface area contributed by atoms with E-state index in [0.717, 1.165) is 37.0 Å². The van der Waals surface area contributed by atoms with Gasteiger partial charge in [-0.25, -0.2) is 0 Å². The zero-order chi connectivity index (χ0) is 21.0. The molecule has 0 radical (unpaired) electrons. The van der Waals surface area contributed by atoms with Gasteiger partial charge in [-0.05, 0) is 97.4 Å². The summed E-state index contributed by atoms with van der Waals surface area (Å²) < 4.78 is 0. The van der Waals surface area contributed by atoms with Crippen molar-refractivity contribution >= 4 is 11.6 Å². The van der Waals surface area contributed by atoms with Crippen molar-refractivity contribution in [3.8, 4) is 0 Å². The Morgan fingerprint density at radius 3 is 2.55 bits per heavy atom. The van der Waals surface area contributed by atoms with Crippen molar-refractivity contribution < 1.29 is 9.59 Å². The molecule has 0 spiro atoms. The number of allylic oxidation sites excluding steroid dienone is 2. The average Bonchev–Trinajstić information content (AvgIpc) is 3.03. The van der Waals surface area contributed by atoms with E-state index >= 15 is 0 Å². The van der Waals surface area contributed by atoms with Gasteiger partial charge in [-0.2, -0.15) is 0 Å². The molecule has 4 aliphatic rings. The lowest BCUT2D eigenvalue weighted by Gasteiger charge is -2.59. The molecule has 4 aliphatic carbocycles. The van der Waals surface area contributed by atoms with E-state index in [1.54, 1.807) is 0 Å². The minimum atomic E-state index is 0.217. The van der Waals surface area contributed by atoms with Crippen LogP contribution in [-0.2, 0) is 9.59 Å². The molecule has 0 saturated heterocycles. The van der Waals surface area contributed by atoms with E-state index in [0.29, 0.717) is 34.7 Å². The van der Waals surface area contributed by atoms with Crippen LogP contribution in [0.5, 0.6) is 0 Å². The number of carbonyl (C=O) groups excluding carboxylic acids is 2. The smallest absolute Gasteiger partial charge is 0.155 e. The molecule has 29 heavy (non-hydrogen) atoms. The zero-order valence-electron chi connectivity index (χ0n) is 19.4. The van der Waals surface area contributed by atoms with Crippen LogP contribution in [-0.4, -0.2) is 11.6 Å². The summed E-state index contributed by atoms with van der Waals surface area (Å²) in [5.74, 6) is 5.10. The van der Waals surface area contributed by atoms with Crippen LogP contribution in [0.3, 0.4) is 0 Å². The molecule has 4 rings (SSSR count). The standard InChI is InChI=1S/C27H42O2/c1-17(2)6-11-25(29)18(3)22-9-10-23-21-8-7-19-16-20(28)12-14-26(19,4)24(21)13-15-27(22,23)5/h12,14,17-19,21-24H,6-11,13,15-16H2,1-5H3/t18-,19?,21-,22+,23-,24-,26-,27+/m0/s1. The number of rotatable bonds is 5. The summed E-state index contributed by atoms with van der Waals surface area (Å²) in [5, 5.41) is 0. The fourth-order valence-corrected chi connectivity index (χ4v) is 8.38. The Hall–Kier alpha value is -0.920. The van der Waals surface area contributed by atoms with E-state index in [-0.39, 0.29) is 11.3 Å². The molecule has 1 unspecified atom stereocenters. The second kappa shape index (κ2) is 7.65. The van der Waals surface area contributed by atoms with Gasteiger partial charge in [0, 0.05) is 18.8 Å². The summed E-state index contributed by atoms with van der Waals surface area (Å²) in [5.41, 5.74) is 0.556. The molecule has 0 aromatic heterocycles. The van der Waals surface area contributed by atoms with Crippen molar-refractivity contribution in [3.63, 3.8) is 0 Å². The third-order valence-corrected chi connectivity index (χ3v) is 10.2. The van der Waals surface area contributed by atoms with Crippen molar-refractivity contribution in [2.24, 2.45) is 52.3 Å². The molecule has 0 amide bonds. The van der Waals surface area contributed by atoms with E-state index in [9.17, 15) is 9.59 Å². The zero-order valence-corrected chi connectivity index (χ0v) is 19.4. The Morgan fingerprint density at radius 2 is 1.83 bits per heavy atom. The lowest BCUT2D eigenvalue weighted by Crippen LogP contribution is -2.52. The van der Waals surface area contributed by atoms with Gasteiger partial charge in [-0.1, -0.05) is 40.7 Å². The third-order valence-electron chi connectivity index (χ3n) is 10.2. The number of Topliss-reactive ketones (excluding diaryl/α,β-unsaturated/α-hetero) is 1. The topological polar surface area (TPSA) is 34.1 Å². The minimum Gasteiger partial charge on any atom is -0.299 e. The van der Waals surface area contributed by atoms with Gasteiger partial charge in [0.05, 0.1) is 0 Å².